The van der Waals surface area contributed by atoms with Crippen LogP contribution in [-0.4, -0.2) is 72.0 Å². The maximum atomic E-state index is 12.3. The van der Waals surface area contributed by atoms with Crippen molar-refractivity contribution in [3.05, 3.63) is 29.8 Å². The minimum absolute atomic E-state index is 0.101. The Morgan fingerprint density at radius 1 is 1.36 bits per heavy atom. The molecule has 25 heavy (non-hydrogen) atoms. The number of likely N-dealkylation sites (tertiary alicyclic amines) is 1. The van der Waals surface area contributed by atoms with Crippen molar-refractivity contribution in [2.45, 2.75) is 38.0 Å². The molecular formula is C16H24N2O6S. The van der Waals surface area contributed by atoms with Crippen LogP contribution in [0, 0.1) is 0 Å². The molecule has 0 aliphatic carbocycles. The molecule has 0 aromatic heterocycles. The first kappa shape index (κ1) is 19.5. The van der Waals surface area contributed by atoms with E-state index in [2.05, 4.69) is 0 Å². The van der Waals surface area contributed by atoms with Crippen LogP contribution in [-0.2, 0) is 16.6 Å². The van der Waals surface area contributed by atoms with Gasteiger partial charge in [0.1, 0.15) is 5.75 Å². The van der Waals surface area contributed by atoms with E-state index in [0.717, 1.165) is 16.7 Å². The highest BCUT2D eigenvalue weighted by Gasteiger charge is 2.46. The van der Waals surface area contributed by atoms with Crippen molar-refractivity contribution in [1.82, 2.24) is 9.21 Å². The molecule has 1 saturated heterocycles. The van der Waals surface area contributed by atoms with Gasteiger partial charge in [-0.2, -0.15) is 4.31 Å². The number of carbonyl (C=O) groups is 1. The van der Waals surface area contributed by atoms with Gasteiger partial charge in [0.15, 0.2) is 0 Å². The van der Waals surface area contributed by atoms with E-state index < -0.39 is 34.8 Å². The number of nitrogens with zero attached hydrogens (tertiary/aromatic N) is 2. The lowest BCUT2D eigenvalue weighted by Crippen LogP contribution is -2.50. The van der Waals surface area contributed by atoms with Gasteiger partial charge in [0.25, 0.3) is 0 Å². The fourth-order valence-electron chi connectivity index (χ4n) is 3.37. The lowest BCUT2D eigenvalue weighted by atomic mass is 10.1. The maximum Gasteiger partial charge on any atom is 0.407 e. The normalized spacial score (nSPS) is 23.9. The molecule has 1 fully saturated rings. The van der Waals surface area contributed by atoms with E-state index in [9.17, 15) is 23.4 Å². The number of benzene rings is 1. The lowest BCUT2D eigenvalue weighted by Gasteiger charge is -2.32. The van der Waals surface area contributed by atoms with Gasteiger partial charge in [0.05, 0.1) is 26.0 Å². The Labute approximate surface area is 147 Å². The second kappa shape index (κ2) is 7.59. The van der Waals surface area contributed by atoms with Crippen LogP contribution in [0.3, 0.4) is 0 Å². The molecule has 0 saturated carbocycles. The molecule has 1 heterocycles. The molecule has 1 amide bonds. The SMILES string of the molecule is COc1ccc(CN([C@H]2C[C@@H](C)N(C(=O)O)[C@H]2CO)S(C)(=O)=O)cc1. The zero-order valence-corrected chi connectivity index (χ0v) is 15.3. The van der Waals surface area contributed by atoms with Gasteiger partial charge in [-0.1, -0.05) is 12.1 Å². The summed E-state index contributed by atoms with van der Waals surface area (Å²) in [5, 5.41) is 19.0. The molecule has 0 unspecified atom stereocenters. The fraction of sp³-hybridized carbons (Fsp3) is 0.562. The van der Waals surface area contributed by atoms with Crippen LogP contribution >= 0.6 is 0 Å². The quantitative estimate of drug-likeness (QED) is 0.770. The second-order valence-corrected chi connectivity index (χ2v) is 8.18. The van der Waals surface area contributed by atoms with E-state index in [-0.39, 0.29) is 12.6 Å². The molecule has 2 rings (SSSR count). The van der Waals surface area contributed by atoms with Gasteiger partial charge >= 0.3 is 6.09 Å². The molecule has 8 nitrogen and oxygen atoms in total. The van der Waals surface area contributed by atoms with Crippen molar-refractivity contribution >= 4 is 16.1 Å². The van der Waals surface area contributed by atoms with E-state index in [1.807, 2.05) is 0 Å². The summed E-state index contributed by atoms with van der Waals surface area (Å²) in [5.41, 5.74) is 0.754. The van der Waals surface area contributed by atoms with E-state index in [0.29, 0.717) is 12.2 Å². The number of hydrogen-bond donors (Lipinski definition) is 2. The van der Waals surface area contributed by atoms with Crippen molar-refractivity contribution < 1.29 is 28.2 Å². The zero-order valence-electron chi connectivity index (χ0n) is 14.5. The molecule has 9 heteroatoms. The molecule has 1 aromatic rings. The summed E-state index contributed by atoms with van der Waals surface area (Å²) >= 11 is 0. The number of amides is 1. The van der Waals surface area contributed by atoms with E-state index in [4.69, 9.17) is 4.74 Å². The lowest BCUT2D eigenvalue weighted by molar-refractivity contribution is 0.0896. The molecule has 1 aliphatic heterocycles. The van der Waals surface area contributed by atoms with Crippen molar-refractivity contribution in [3.8, 4) is 5.75 Å². The third-order valence-electron chi connectivity index (χ3n) is 4.56. The number of ether oxygens (including phenoxy) is 1. The molecule has 140 valence electrons. The van der Waals surface area contributed by atoms with E-state index in [1.165, 1.54) is 4.31 Å². The van der Waals surface area contributed by atoms with E-state index >= 15 is 0 Å². The molecular weight excluding hydrogens is 348 g/mol. The summed E-state index contributed by atoms with van der Waals surface area (Å²) in [6, 6.07) is 5.21. The van der Waals surface area contributed by atoms with Gasteiger partial charge in [-0.3, -0.25) is 4.90 Å². The van der Waals surface area contributed by atoms with Crippen LogP contribution in [0.1, 0.15) is 18.9 Å². The van der Waals surface area contributed by atoms with Crippen molar-refractivity contribution in [3.63, 3.8) is 0 Å². The third kappa shape index (κ3) is 4.23. The first-order chi connectivity index (χ1) is 11.7. The molecule has 1 aromatic carbocycles. The van der Waals surface area contributed by atoms with Crippen LogP contribution in [0.2, 0.25) is 0 Å². The summed E-state index contributed by atoms with van der Waals surface area (Å²) < 4.78 is 31.1. The van der Waals surface area contributed by atoms with E-state index in [1.54, 1.807) is 38.3 Å². The molecule has 1 aliphatic rings. The predicted molar refractivity (Wildman–Crippen MR) is 92.0 cm³/mol. The summed E-state index contributed by atoms with van der Waals surface area (Å²) in [4.78, 5) is 12.6. The van der Waals surface area contributed by atoms with Crippen LogP contribution in [0.15, 0.2) is 24.3 Å². The molecule has 2 N–H and O–H groups in total. The Bertz CT molecular complexity index is 706. The molecule has 3 atom stereocenters. The van der Waals surface area contributed by atoms with Gasteiger partial charge in [-0.15, -0.1) is 0 Å². The standard InChI is InChI=1S/C16H24N2O6S/c1-11-8-14(15(10-19)18(11)16(20)21)17(25(3,22)23)9-12-4-6-13(24-2)7-5-12/h4-7,11,14-15,19H,8-10H2,1-3H3,(H,20,21)/t11-,14+,15+/m1/s1. The average molecular weight is 372 g/mol. The van der Waals surface area contributed by atoms with Gasteiger partial charge in [0, 0.05) is 18.6 Å². The number of methoxy groups -OCH3 is 1. The number of aliphatic hydroxyl groups excluding tert-OH is 1. The van der Waals surface area contributed by atoms with Crippen LogP contribution in [0.5, 0.6) is 5.75 Å². The summed E-state index contributed by atoms with van der Waals surface area (Å²) in [6.45, 7) is 1.38. The van der Waals surface area contributed by atoms with Gasteiger partial charge < -0.3 is 14.9 Å². The zero-order chi connectivity index (χ0) is 18.8. The highest BCUT2D eigenvalue weighted by molar-refractivity contribution is 7.88. The predicted octanol–water partition coefficient (Wildman–Crippen LogP) is 0.958. The first-order valence-electron chi connectivity index (χ1n) is 7.91. The largest absolute Gasteiger partial charge is 0.497 e. The summed E-state index contributed by atoms with van der Waals surface area (Å²) in [7, 11) is -2.06. The van der Waals surface area contributed by atoms with Crippen molar-refractivity contribution in [2.24, 2.45) is 0 Å². The Balaban J connectivity index is 2.32. The molecule has 0 radical (unpaired) electrons. The summed E-state index contributed by atoms with van der Waals surface area (Å²) in [5.74, 6) is 0.662. The average Bonchev–Trinajstić information content (AvgIpc) is 2.88. The molecule has 0 bridgehead atoms. The Kier molecular flexibility index (Phi) is 5.91. The highest BCUT2D eigenvalue weighted by Crippen LogP contribution is 2.31. The second-order valence-electron chi connectivity index (χ2n) is 6.25. The Morgan fingerprint density at radius 3 is 2.40 bits per heavy atom. The number of aliphatic hydroxyl groups is 1. The first-order valence-corrected chi connectivity index (χ1v) is 9.75. The van der Waals surface area contributed by atoms with Crippen molar-refractivity contribution in [2.75, 3.05) is 20.0 Å². The number of rotatable bonds is 6. The highest BCUT2D eigenvalue weighted by atomic mass is 32.2. The minimum Gasteiger partial charge on any atom is -0.497 e. The number of carboxylic acid groups (broad SMARTS) is 1. The van der Waals surface area contributed by atoms with Crippen molar-refractivity contribution in [1.29, 1.82) is 0 Å². The summed E-state index contributed by atoms with van der Waals surface area (Å²) in [6.07, 6.45) is 0.270. The maximum absolute atomic E-state index is 12.3. The Hall–Kier alpha value is -1.84. The smallest absolute Gasteiger partial charge is 0.407 e. The fourth-order valence-corrected chi connectivity index (χ4v) is 4.48. The molecule has 0 spiro atoms. The van der Waals surface area contributed by atoms with Crippen LogP contribution < -0.4 is 4.74 Å². The topological polar surface area (TPSA) is 107 Å². The third-order valence-corrected chi connectivity index (χ3v) is 5.81. The van der Waals surface area contributed by atoms with Gasteiger partial charge in [-0.25, -0.2) is 13.2 Å². The minimum atomic E-state index is -3.61. The monoisotopic (exact) mass is 372 g/mol. The number of hydrogen-bond acceptors (Lipinski definition) is 5. The van der Waals surface area contributed by atoms with Gasteiger partial charge in [-0.05, 0) is 31.0 Å². The van der Waals surface area contributed by atoms with Crippen LogP contribution in [0.25, 0.3) is 0 Å². The van der Waals surface area contributed by atoms with Gasteiger partial charge in [0.2, 0.25) is 10.0 Å². The number of sulfonamides is 1. The van der Waals surface area contributed by atoms with Crippen LogP contribution in [0.4, 0.5) is 4.79 Å². The Morgan fingerprint density at radius 2 is 1.96 bits per heavy atom.